The molecule has 0 spiro atoms. The maximum absolute atomic E-state index is 12.3. The average Bonchev–Trinajstić information content (AvgIpc) is 3.37. The molecule has 1 saturated carbocycles. The van der Waals surface area contributed by atoms with Crippen molar-refractivity contribution in [2.24, 2.45) is 0 Å². The Bertz CT molecular complexity index is 1020. The van der Waals surface area contributed by atoms with Crippen molar-refractivity contribution in [3.8, 4) is 11.4 Å². The first-order chi connectivity index (χ1) is 13.1. The van der Waals surface area contributed by atoms with Crippen LogP contribution in [-0.4, -0.2) is 26.1 Å². The summed E-state index contributed by atoms with van der Waals surface area (Å²) in [6.07, 6.45) is 5.61. The second kappa shape index (κ2) is 7.15. The van der Waals surface area contributed by atoms with Crippen LogP contribution in [-0.2, 0) is 4.79 Å². The van der Waals surface area contributed by atoms with E-state index in [1.807, 2.05) is 54.1 Å². The topological polar surface area (TPSA) is 72.7 Å². The molecule has 6 nitrogen and oxygen atoms in total. The Balaban J connectivity index is 1.48. The summed E-state index contributed by atoms with van der Waals surface area (Å²) in [4.78, 5) is 12.3. The first kappa shape index (κ1) is 17.1. The number of anilines is 1. The van der Waals surface area contributed by atoms with Crippen LogP contribution in [0.2, 0.25) is 0 Å². The van der Waals surface area contributed by atoms with Crippen molar-refractivity contribution in [3.05, 3.63) is 65.2 Å². The molecule has 136 valence electrons. The van der Waals surface area contributed by atoms with Gasteiger partial charge in [-0.05, 0) is 66.5 Å². The number of aryl methyl sites for hydroxylation is 2. The number of carbonyl (C=O) groups excluding carboxylic acids is 1. The third-order valence-corrected chi connectivity index (χ3v) is 4.61. The molecule has 0 unspecified atom stereocenters. The van der Waals surface area contributed by atoms with Crippen LogP contribution in [0.5, 0.6) is 0 Å². The van der Waals surface area contributed by atoms with Gasteiger partial charge in [-0.25, -0.2) is 4.68 Å². The second-order valence-corrected chi connectivity index (χ2v) is 6.94. The van der Waals surface area contributed by atoms with E-state index in [0.717, 1.165) is 35.4 Å². The normalized spacial score (nSPS) is 13.9. The van der Waals surface area contributed by atoms with E-state index in [2.05, 4.69) is 33.8 Å². The highest BCUT2D eigenvalue weighted by Gasteiger charge is 2.28. The Morgan fingerprint density at radius 2 is 2.04 bits per heavy atom. The zero-order chi connectivity index (χ0) is 18.8. The molecule has 2 aromatic carbocycles. The predicted octanol–water partition coefficient (Wildman–Crippen LogP) is 3.94. The molecular formula is C21H21N5O. The molecule has 1 aromatic heterocycles. The van der Waals surface area contributed by atoms with Crippen LogP contribution in [0.15, 0.2) is 48.5 Å². The van der Waals surface area contributed by atoms with Crippen molar-refractivity contribution < 1.29 is 4.79 Å². The van der Waals surface area contributed by atoms with Gasteiger partial charge in [0.2, 0.25) is 5.91 Å². The molecular weight excluding hydrogens is 338 g/mol. The van der Waals surface area contributed by atoms with Crippen LogP contribution in [0.4, 0.5) is 5.69 Å². The number of nitrogens with one attached hydrogen (secondary N) is 1. The molecule has 1 fully saturated rings. The fourth-order valence-electron chi connectivity index (χ4n) is 3.05. The average molecular weight is 359 g/mol. The second-order valence-electron chi connectivity index (χ2n) is 6.94. The van der Waals surface area contributed by atoms with Crippen LogP contribution >= 0.6 is 0 Å². The van der Waals surface area contributed by atoms with E-state index in [1.54, 1.807) is 6.08 Å². The number of hydrogen-bond acceptors (Lipinski definition) is 4. The Labute approximate surface area is 157 Å². The van der Waals surface area contributed by atoms with Gasteiger partial charge in [0.25, 0.3) is 0 Å². The van der Waals surface area contributed by atoms with Gasteiger partial charge in [0.1, 0.15) is 0 Å². The maximum atomic E-state index is 12.3. The Morgan fingerprint density at radius 3 is 2.81 bits per heavy atom. The van der Waals surface area contributed by atoms with Crippen molar-refractivity contribution in [2.45, 2.75) is 32.7 Å². The third-order valence-electron chi connectivity index (χ3n) is 4.61. The number of carbonyl (C=O) groups is 1. The van der Waals surface area contributed by atoms with Crippen molar-refractivity contribution in [2.75, 3.05) is 5.32 Å². The van der Waals surface area contributed by atoms with E-state index in [0.29, 0.717) is 11.7 Å². The maximum Gasteiger partial charge on any atom is 0.248 e. The van der Waals surface area contributed by atoms with Gasteiger partial charge >= 0.3 is 0 Å². The van der Waals surface area contributed by atoms with Gasteiger partial charge in [0.05, 0.1) is 6.04 Å². The molecule has 1 amide bonds. The minimum atomic E-state index is -0.172. The number of nitrogens with zero attached hydrogens (tertiary/aromatic N) is 4. The predicted molar refractivity (Wildman–Crippen MR) is 105 cm³/mol. The fraction of sp³-hybridized carbons (Fsp3) is 0.238. The summed E-state index contributed by atoms with van der Waals surface area (Å²) in [5, 5.41) is 14.9. The summed E-state index contributed by atoms with van der Waals surface area (Å²) in [6, 6.07) is 14.2. The number of rotatable bonds is 5. The Morgan fingerprint density at radius 1 is 1.19 bits per heavy atom. The van der Waals surface area contributed by atoms with E-state index in [9.17, 15) is 4.79 Å². The number of tetrazole rings is 1. The summed E-state index contributed by atoms with van der Waals surface area (Å²) < 4.78 is 1.86. The number of hydrogen-bond donors (Lipinski definition) is 1. The smallest absolute Gasteiger partial charge is 0.248 e. The summed E-state index contributed by atoms with van der Waals surface area (Å²) in [5.74, 6) is 0.563. The first-order valence-electron chi connectivity index (χ1n) is 9.05. The number of aromatic nitrogens is 4. The van der Waals surface area contributed by atoms with Gasteiger partial charge in [0, 0.05) is 17.3 Å². The highest BCUT2D eigenvalue weighted by Crippen LogP contribution is 2.36. The molecule has 0 saturated heterocycles. The van der Waals surface area contributed by atoms with Crippen LogP contribution in [0.3, 0.4) is 0 Å². The van der Waals surface area contributed by atoms with Gasteiger partial charge in [-0.1, -0.05) is 35.9 Å². The van der Waals surface area contributed by atoms with Gasteiger partial charge in [-0.15, -0.1) is 5.10 Å². The zero-order valence-electron chi connectivity index (χ0n) is 15.4. The molecule has 1 N–H and O–H groups in total. The molecule has 1 heterocycles. The summed E-state index contributed by atoms with van der Waals surface area (Å²) in [5.41, 5.74) is 5.00. The fourth-order valence-corrected chi connectivity index (χ4v) is 3.05. The molecule has 0 bridgehead atoms. The van der Waals surface area contributed by atoms with E-state index >= 15 is 0 Å². The first-order valence-corrected chi connectivity index (χ1v) is 9.05. The van der Waals surface area contributed by atoms with Crippen LogP contribution in [0.25, 0.3) is 17.5 Å². The lowest BCUT2D eigenvalue weighted by molar-refractivity contribution is -0.111. The number of benzene rings is 2. The highest BCUT2D eigenvalue weighted by atomic mass is 16.1. The Kier molecular flexibility index (Phi) is 4.54. The van der Waals surface area contributed by atoms with Gasteiger partial charge in [0.15, 0.2) is 5.82 Å². The van der Waals surface area contributed by atoms with E-state index in [-0.39, 0.29) is 5.91 Å². The SMILES string of the molecule is Cc1ccc(C=CC(=O)Nc2cccc(-c3nnnn3C3CC3)c2)c(C)c1. The standard InChI is InChI=1S/C21H21N5O/c1-14-6-7-16(15(2)12-14)8-11-20(27)22-18-5-3-4-17(13-18)21-23-24-25-26(21)19-9-10-19/h3-8,11-13,19H,9-10H2,1-2H3,(H,22,27). The summed E-state index contributed by atoms with van der Waals surface area (Å²) in [7, 11) is 0. The van der Waals surface area contributed by atoms with Crippen molar-refractivity contribution in [1.82, 2.24) is 20.2 Å². The molecule has 6 heteroatoms. The lowest BCUT2D eigenvalue weighted by Gasteiger charge is -2.06. The van der Waals surface area contributed by atoms with E-state index < -0.39 is 0 Å². The Hall–Kier alpha value is -3.28. The molecule has 1 aliphatic carbocycles. The monoisotopic (exact) mass is 359 g/mol. The molecule has 0 atom stereocenters. The van der Waals surface area contributed by atoms with Crippen LogP contribution in [0.1, 0.15) is 35.6 Å². The minimum Gasteiger partial charge on any atom is -0.322 e. The van der Waals surface area contributed by atoms with Crippen molar-refractivity contribution in [1.29, 1.82) is 0 Å². The minimum absolute atomic E-state index is 0.172. The molecule has 3 aromatic rings. The molecule has 27 heavy (non-hydrogen) atoms. The van der Waals surface area contributed by atoms with Gasteiger partial charge in [-0.3, -0.25) is 4.79 Å². The highest BCUT2D eigenvalue weighted by molar-refractivity contribution is 6.02. The lowest BCUT2D eigenvalue weighted by Crippen LogP contribution is -2.08. The molecule has 1 aliphatic rings. The summed E-state index contributed by atoms with van der Waals surface area (Å²) >= 11 is 0. The number of amides is 1. The van der Waals surface area contributed by atoms with Crippen molar-refractivity contribution >= 4 is 17.7 Å². The van der Waals surface area contributed by atoms with E-state index in [4.69, 9.17) is 0 Å². The quantitative estimate of drug-likeness (QED) is 0.700. The van der Waals surface area contributed by atoms with Crippen molar-refractivity contribution in [3.63, 3.8) is 0 Å². The molecule has 4 rings (SSSR count). The summed E-state index contributed by atoms with van der Waals surface area (Å²) in [6.45, 7) is 4.10. The van der Waals surface area contributed by atoms with Crippen LogP contribution in [0, 0.1) is 13.8 Å². The van der Waals surface area contributed by atoms with Gasteiger partial charge in [-0.2, -0.15) is 0 Å². The van der Waals surface area contributed by atoms with Gasteiger partial charge < -0.3 is 5.32 Å². The third kappa shape index (κ3) is 3.95. The lowest BCUT2D eigenvalue weighted by atomic mass is 10.1. The largest absolute Gasteiger partial charge is 0.322 e. The van der Waals surface area contributed by atoms with Crippen LogP contribution < -0.4 is 5.32 Å². The zero-order valence-corrected chi connectivity index (χ0v) is 15.4. The molecule has 0 radical (unpaired) electrons. The van der Waals surface area contributed by atoms with E-state index in [1.165, 1.54) is 5.56 Å². The molecule has 0 aliphatic heterocycles.